The second-order valence-corrected chi connectivity index (χ2v) is 6.02. The molecule has 1 atom stereocenters. The smallest absolute Gasteiger partial charge is 0.312 e. The van der Waals surface area contributed by atoms with Crippen molar-refractivity contribution in [2.75, 3.05) is 0 Å². The molecular formula is C14H11Br2NO4. The monoisotopic (exact) mass is 415 g/mol. The van der Waals surface area contributed by atoms with Crippen LogP contribution in [0.3, 0.4) is 0 Å². The van der Waals surface area contributed by atoms with Crippen LogP contribution in [-0.2, 0) is 0 Å². The van der Waals surface area contributed by atoms with Crippen molar-refractivity contribution >= 4 is 37.5 Å². The van der Waals surface area contributed by atoms with Gasteiger partial charge in [0, 0.05) is 6.07 Å². The lowest BCUT2D eigenvalue weighted by atomic mass is 10.1. The molecule has 1 N–H and O–H groups in total. The van der Waals surface area contributed by atoms with Gasteiger partial charge in [-0.1, -0.05) is 12.1 Å². The lowest BCUT2D eigenvalue weighted by Gasteiger charge is -2.12. The summed E-state index contributed by atoms with van der Waals surface area (Å²) < 4.78 is 6.74. The van der Waals surface area contributed by atoms with E-state index < -0.39 is 11.0 Å². The van der Waals surface area contributed by atoms with Gasteiger partial charge in [-0.15, -0.1) is 0 Å². The first-order chi connectivity index (χ1) is 9.90. The minimum Gasteiger partial charge on any atom is -0.448 e. The molecule has 0 aliphatic rings. The molecule has 5 nitrogen and oxygen atoms in total. The van der Waals surface area contributed by atoms with E-state index in [2.05, 4.69) is 31.9 Å². The standard InChI is InChI=1S/C14H11Br2NO4/c1-8(18)9-5-6-13(11(16)7-9)21-14-10(15)3-2-4-12(14)17(19)20/h2-8,18H,1H3. The van der Waals surface area contributed by atoms with Crippen LogP contribution in [0.4, 0.5) is 5.69 Å². The zero-order chi connectivity index (χ0) is 15.6. The predicted molar refractivity (Wildman–Crippen MR) is 85.6 cm³/mol. The lowest BCUT2D eigenvalue weighted by molar-refractivity contribution is -0.385. The van der Waals surface area contributed by atoms with E-state index in [9.17, 15) is 15.2 Å². The van der Waals surface area contributed by atoms with Crippen LogP contribution in [0.25, 0.3) is 0 Å². The third-order valence-electron chi connectivity index (χ3n) is 2.79. The van der Waals surface area contributed by atoms with Crippen molar-refractivity contribution in [1.29, 1.82) is 0 Å². The van der Waals surface area contributed by atoms with Gasteiger partial charge in [0.25, 0.3) is 0 Å². The molecule has 0 aromatic heterocycles. The summed E-state index contributed by atoms with van der Waals surface area (Å²) in [6, 6.07) is 9.67. The summed E-state index contributed by atoms with van der Waals surface area (Å²) in [5.74, 6) is 0.558. The number of benzene rings is 2. The van der Waals surface area contributed by atoms with Gasteiger partial charge in [0.15, 0.2) is 0 Å². The number of rotatable bonds is 4. The van der Waals surface area contributed by atoms with E-state index in [1.807, 2.05) is 0 Å². The van der Waals surface area contributed by atoms with Gasteiger partial charge in [-0.2, -0.15) is 0 Å². The van der Waals surface area contributed by atoms with E-state index in [4.69, 9.17) is 4.74 Å². The molecule has 0 saturated carbocycles. The number of hydrogen-bond donors (Lipinski definition) is 1. The van der Waals surface area contributed by atoms with Crippen LogP contribution < -0.4 is 4.74 Å². The Balaban J connectivity index is 2.41. The van der Waals surface area contributed by atoms with E-state index in [1.165, 1.54) is 6.07 Å². The Kier molecular flexibility index (Phi) is 4.97. The number of nitro benzene ring substituents is 1. The minimum atomic E-state index is -0.604. The second kappa shape index (κ2) is 6.55. The van der Waals surface area contributed by atoms with Crippen molar-refractivity contribution in [3.05, 3.63) is 61.0 Å². The molecule has 2 aromatic carbocycles. The summed E-state index contributed by atoms with van der Waals surface area (Å²) in [4.78, 5) is 10.6. The molecule has 7 heteroatoms. The van der Waals surface area contributed by atoms with Crippen LogP contribution in [-0.4, -0.2) is 10.0 Å². The van der Waals surface area contributed by atoms with Gasteiger partial charge in [0.2, 0.25) is 5.75 Å². The van der Waals surface area contributed by atoms with Crippen LogP contribution in [0, 0.1) is 10.1 Å². The van der Waals surface area contributed by atoms with E-state index in [0.29, 0.717) is 14.7 Å². The Labute approximate surface area is 138 Å². The summed E-state index contributed by atoms with van der Waals surface area (Å²) in [7, 11) is 0. The number of aliphatic hydroxyl groups is 1. The van der Waals surface area contributed by atoms with Crippen LogP contribution in [0.2, 0.25) is 0 Å². The van der Waals surface area contributed by atoms with Crippen LogP contribution in [0.15, 0.2) is 45.3 Å². The molecule has 0 saturated heterocycles. The number of para-hydroxylation sites is 1. The van der Waals surface area contributed by atoms with Crippen LogP contribution in [0.5, 0.6) is 11.5 Å². The Morgan fingerprint density at radius 2 is 1.95 bits per heavy atom. The maximum atomic E-state index is 11.1. The van der Waals surface area contributed by atoms with E-state index in [-0.39, 0.29) is 11.4 Å². The summed E-state index contributed by atoms with van der Waals surface area (Å²) >= 11 is 6.59. The predicted octanol–water partition coefficient (Wildman–Crippen LogP) is 4.97. The number of aliphatic hydroxyl groups excluding tert-OH is 1. The Bertz CT molecular complexity index is 689. The zero-order valence-corrected chi connectivity index (χ0v) is 14.1. The van der Waals surface area contributed by atoms with Gasteiger partial charge in [0.1, 0.15) is 5.75 Å². The number of nitro groups is 1. The average Bonchev–Trinajstić information content (AvgIpc) is 2.42. The highest BCUT2D eigenvalue weighted by molar-refractivity contribution is 9.11. The lowest BCUT2D eigenvalue weighted by Crippen LogP contribution is -1.96. The maximum Gasteiger partial charge on any atom is 0.312 e. The topological polar surface area (TPSA) is 72.6 Å². The van der Waals surface area contributed by atoms with Crippen LogP contribution in [0.1, 0.15) is 18.6 Å². The molecule has 0 amide bonds. The fraction of sp³-hybridized carbons (Fsp3) is 0.143. The fourth-order valence-corrected chi connectivity index (χ4v) is 2.63. The molecule has 0 bridgehead atoms. The number of halogens is 2. The molecule has 0 fully saturated rings. The molecule has 110 valence electrons. The van der Waals surface area contributed by atoms with E-state index >= 15 is 0 Å². The summed E-state index contributed by atoms with van der Waals surface area (Å²) in [5, 5.41) is 20.6. The number of hydrogen-bond acceptors (Lipinski definition) is 4. The van der Waals surface area contributed by atoms with Gasteiger partial charge < -0.3 is 9.84 Å². The molecule has 0 spiro atoms. The average molecular weight is 417 g/mol. The molecule has 0 radical (unpaired) electrons. The normalized spacial score (nSPS) is 12.0. The highest BCUT2D eigenvalue weighted by Crippen LogP contribution is 2.40. The molecule has 2 rings (SSSR count). The summed E-state index contributed by atoms with van der Waals surface area (Å²) in [5.41, 5.74) is 0.590. The van der Waals surface area contributed by atoms with Gasteiger partial charge >= 0.3 is 5.69 Å². The highest BCUT2D eigenvalue weighted by Gasteiger charge is 2.19. The first-order valence-electron chi connectivity index (χ1n) is 5.98. The Morgan fingerprint density at radius 1 is 1.24 bits per heavy atom. The third-order valence-corrected chi connectivity index (χ3v) is 4.04. The van der Waals surface area contributed by atoms with Crippen molar-refractivity contribution in [2.24, 2.45) is 0 Å². The van der Waals surface area contributed by atoms with Gasteiger partial charge in [-0.05, 0) is 62.5 Å². The Morgan fingerprint density at radius 3 is 2.52 bits per heavy atom. The highest BCUT2D eigenvalue weighted by atomic mass is 79.9. The quantitative estimate of drug-likeness (QED) is 0.564. The van der Waals surface area contributed by atoms with Gasteiger partial charge in [-0.3, -0.25) is 10.1 Å². The second-order valence-electron chi connectivity index (χ2n) is 4.31. The van der Waals surface area contributed by atoms with Crippen molar-refractivity contribution in [1.82, 2.24) is 0 Å². The minimum absolute atomic E-state index is 0.129. The molecule has 0 aliphatic heterocycles. The fourth-order valence-electron chi connectivity index (χ4n) is 1.71. The third kappa shape index (κ3) is 3.61. The van der Waals surface area contributed by atoms with Crippen molar-refractivity contribution < 1.29 is 14.8 Å². The molecular weight excluding hydrogens is 406 g/mol. The van der Waals surface area contributed by atoms with Crippen molar-refractivity contribution in [2.45, 2.75) is 13.0 Å². The van der Waals surface area contributed by atoms with Gasteiger partial charge in [-0.25, -0.2) is 0 Å². The van der Waals surface area contributed by atoms with Crippen molar-refractivity contribution in [3.63, 3.8) is 0 Å². The van der Waals surface area contributed by atoms with Crippen LogP contribution >= 0.6 is 31.9 Å². The molecule has 0 aliphatic carbocycles. The molecule has 1 unspecified atom stereocenters. The number of ether oxygens (including phenoxy) is 1. The zero-order valence-electron chi connectivity index (χ0n) is 10.9. The first kappa shape index (κ1) is 15.9. The van der Waals surface area contributed by atoms with Crippen molar-refractivity contribution in [3.8, 4) is 11.5 Å². The SMILES string of the molecule is CC(O)c1ccc(Oc2c(Br)cccc2[N+](=O)[O-])c(Br)c1. The van der Waals surface area contributed by atoms with E-state index in [1.54, 1.807) is 37.3 Å². The maximum absolute atomic E-state index is 11.1. The van der Waals surface area contributed by atoms with E-state index in [0.717, 1.165) is 5.56 Å². The molecule has 21 heavy (non-hydrogen) atoms. The summed E-state index contributed by atoms with van der Waals surface area (Å²) in [6.07, 6.45) is -0.604. The first-order valence-corrected chi connectivity index (χ1v) is 7.57. The molecule has 0 heterocycles. The largest absolute Gasteiger partial charge is 0.448 e. The number of nitrogens with zero attached hydrogens (tertiary/aromatic N) is 1. The molecule has 2 aromatic rings. The Hall–Kier alpha value is -1.44. The summed E-state index contributed by atoms with van der Waals surface area (Å²) in [6.45, 7) is 1.65. The van der Waals surface area contributed by atoms with Gasteiger partial charge in [0.05, 0.1) is 20.0 Å².